The van der Waals surface area contributed by atoms with Crippen LogP contribution >= 0.6 is 0 Å². The van der Waals surface area contributed by atoms with Crippen LogP contribution in [0.4, 0.5) is 5.69 Å². The zero-order valence-corrected chi connectivity index (χ0v) is 10.0. The summed E-state index contributed by atoms with van der Waals surface area (Å²) in [4.78, 5) is 0. The summed E-state index contributed by atoms with van der Waals surface area (Å²) in [5.74, 6) is 0.688. The smallest absolute Gasteiger partial charge is 0.122 e. The SMILES string of the molecule is NC1=NN(c2ccccc2)[C@H](c2ccccc2)C1. The molecule has 1 atom stereocenters. The van der Waals surface area contributed by atoms with Crippen LogP contribution in [0.2, 0.25) is 0 Å². The minimum absolute atomic E-state index is 0.202. The molecule has 0 bridgehead atoms. The van der Waals surface area contributed by atoms with Gasteiger partial charge in [-0.25, -0.2) is 0 Å². The minimum Gasteiger partial charge on any atom is -0.386 e. The molecule has 3 rings (SSSR count). The van der Waals surface area contributed by atoms with Crippen LogP contribution in [0, 0.1) is 0 Å². The zero-order valence-electron chi connectivity index (χ0n) is 10.0. The van der Waals surface area contributed by atoms with Gasteiger partial charge in [0.05, 0.1) is 11.7 Å². The van der Waals surface area contributed by atoms with E-state index in [0.29, 0.717) is 5.84 Å². The number of hydrazone groups is 1. The van der Waals surface area contributed by atoms with Crippen molar-refractivity contribution in [3.05, 3.63) is 66.2 Å². The van der Waals surface area contributed by atoms with Crippen molar-refractivity contribution in [1.29, 1.82) is 0 Å². The molecule has 0 aliphatic carbocycles. The van der Waals surface area contributed by atoms with E-state index >= 15 is 0 Å². The van der Waals surface area contributed by atoms with Crippen molar-refractivity contribution in [3.63, 3.8) is 0 Å². The first-order valence-corrected chi connectivity index (χ1v) is 6.07. The number of hydrogen-bond acceptors (Lipinski definition) is 3. The topological polar surface area (TPSA) is 41.6 Å². The molecule has 2 aromatic rings. The number of benzene rings is 2. The number of anilines is 1. The van der Waals surface area contributed by atoms with E-state index < -0.39 is 0 Å². The summed E-state index contributed by atoms with van der Waals surface area (Å²) in [5, 5.41) is 6.45. The maximum Gasteiger partial charge on any atom is 0.122 e. The Morgan fingerprint density at radius 1 is 0.944 bits per heavy atom. The highest BCUT2D eigenvalue weighted by atomic mass is 15.5. The van der Waals surface area contributed by atoms with Crippen LogP contribution in [0.15, 0.2) is 65.8 Å². The van der Waals surface area contributed by atoms with Gasteiger partial charge in [0.15, 0.2) is 0 Å². The molecule has 0 fully saturated rings. The Balaban J connectivity index is 1.97. The van der Waals surface area contributed by atoms with Crippen LogP contribution in [0.1, 0.15) is 18.0 Å². The summed E-state index contributed by atoms with van der Waals surface area (Å²) in [7, 11) is 0. The normalized spacial score (nSPS) is 18.8. The molecule has 0 saturated carbocycles. The average Bonchev–Trinajstić information content (AvgIpc) is 2.83. The quantitative estimate of drug-likeness (QED) is 0.872. The molecule has 0 amide bonds. The predicted molar refractivity (Wildman–Crippen MR) is 74.3 cm³/mol. The van der Waals surface area contributed by atoms with Gasteiger partial charge in [0.1, 0.15) is 5.84 Å². The lowest BCUT2D eigenvalue weighted by molar-refractivity contribution is 0.708. The van der Waals surface area contributed by atoms with Crippen LogP contribution in [0.5, 0.6) is 0 Å². The lowest BCUT2D eigenvalue weighted by Crippen LogP contribution is -2.18. The van der Waals surface area contributed by atoms with E-state index in [1.807, 2.05) is 41.4 Å². The average molecular weight is 237 g/mol. The highest BCUT2D eigenvalue weighted by Gasteiger charge is 2.27. The van der Waals surface area contributed by atoms with E-state index in [9.17, 15) is 0 Å². The second-order valence-electron chi connectivity index (χ2n) is 4.40. The Labute approximate surface area is 107 Å². The number of hydrogen-bond donors (Lipinski definition) is 1. The van der Waals surface area contributed by atoms with Crippen LogP contribution < -0.4 is 10.7 Å². The number of nitrogens with two attached hydrogens (primary N) is 1. The molecular weight excluding hydrogens is 222 g/mol. The molecule has 2 N–H and O–H groups in total. The van der Waals surface area contributed by atoms with Crippen LogP contribution in [0.3, 0.4) is 0 Å². The van der Waals surface area contributed by atoms with Gasteiger partial charge in [-0.3, -0.25) is 5.01 Å². The third kappa shape index (κ3) is 1.95. The first kappa shape index (κ1) is 10.8. The van der Waals surface area contributed by atoms with Gasteiger partial charge in [0.25, 0.3) is 0 Å². The molecule has 0 aromatic heterocycles. The molecule has 1 heterocycles. The third-order valence-electron chi connectivity index (χ3n) is 3.14. The van der Waals surface area contributed by atoms with Crippen molar-refractivity contribution in [3.8, 4) is 0 Å². The lowest BCUT2D eigenvalue weighted by atomic mass is 10.0. The Bertz CT molecular complexity index is 548. The zero-order chi connectivity index (χ0) is 12.4. The highest BCUT2D eigenvalue weighted by molar-refractivity contribution is 5.85. The summed E-state index contributed by atoms with van der Waals surface area (Å²) in [6.07, 6.45) is 0.777. The summed E-state index contributed by atoms with van der Waals surface area (Å²) in [6, 6.07) is 20.7. The molecule has 3 nitrogen and oxygen atoms in total. The maximum absolute atomic E-state index is 5.90. The van der Waals surface area contributed by atoms with Gasteiger partial charge >= 0.3 is 0 Å². The number of nitrogens with zero attached hydrogens (tertiary/aromatic N) is 2. The fourth-order valence-corrected chi connectivity index (χ4v) is 2.29. The monoisotopic (exact) mass is 237 g/mol. The van der Waals surface area contributed by atoms with Crippen molar-refractivity contribution in [2.24, 2.45) is 10.8 Å². The molecule has 1 aliphatic rings. The molecule has 3 heteroatoms. The lowest BCUT2D eigenvalue weighted by Gasteiger charge is -2.23. The first-order valence-electron chi connectivity index (χ1n) is 6.07. The Morgan fingerprint density at radius 2 is 1.56 bits per heavy atom. The fourth-order valence-electron chi connectivity index (χ4n) is 2.29. The van der Waals surface area contributed by atoms with Gasteiger partial charge in [-0.1, -0.05) is 48.5 Å². The van der Waals surface area contributed by atoms with Gasteiger partial charge < -0.3 is 5.73 Å². The number of para-hydroxylation sites is 1. The molecule has 0 radical (unpaired) electrons. The Morgan fingerprint density at radius 3 is 2.22 bits per heavy atom. The van der Waals surface area contributed by atoms with Crippen molar-refractivity contribution >= 4 is 11.5 Å². The minimum atomic E-state index is 0.202. The van der Waals surface area contributed by atoms with Crippen molar-refractivity contribution in [2.75, 3.05) is 5.01 Å². The molecular formula is C15H15N3. The van der Waals surface area contributed by atoms with E-state index in [4.69, 9.17) is 5.73 Å². The largest absolute Gasteiger partial charge is 0.386 e. The number of amidine groups is 1. The molecule has 0 saturated heterocycles. The fraction of sp³-hybridized carbons (Fsp3) is 0.133. The Kier molecular flexibility index (Phi) is 2.73. The molecule has 18 heavy (non-hydrogen) atoms. The van der Waals surface area contributed by atoms with Crippen LogP contribution in [0.25, 0.3) is 0 Å². The van der Waals surface area contributed by atoms with Gasteiger partial charge in [-0.2, -0.15) is 5.10 Å². The van der Waals surface area contributed by atoms with E-state index in [1.165, 1.54) is 5.56 Å². The summed E-state index contributed by atoms with van der Waals surface area (Å²) >= 11 is 0. The van der Waals surface area contributed by atoms with E-state index in [0.717, 1.165) is 12.1 Å². The molecule has 90 valence electrons. The second kappa shape index (κ2) is 4.53. The van der Waals surface area contributed by atoms with Crippen molar-refractivity contribution in [2.45, 2.75) is 12.5 Å². The first-order chi connectivity index (χ1) is 8.84. The van der Waals surface area contributed by atoms with E-state index in [-0.39, 0.29) is 6.04 Å². The highest BCUT2D eigenvalue weighted by Crippen LogP contribution is 2.33. The van der Waals surface area contributed by atoms with Crippen molar-refractivity contribution in [1.82, 2.24) is 0 Å². The summed E-state index contributed by atoms with van der Waals surface area (Å²) < 4.78 is 0. The second-order valence-corrected chi connectivity index (χ2v) is 4.40. The van der Waals surface area contributed by atoms with Crippen molar-refractivity contribution < 1.29 is 0 Å². The van der Waals surface area contributed by atoms with Gasteiger partial charge in [0.2, 0.25) is 0 Å². The molecule has 0 unspecified atom stereocenters. The van der Waals surface area contributed by atoms with Gasteiger partial charge in [-0.15, -0.1) is 0 Å². The molecule has 2 aromatic carbocycles. The van der Waals surface area contributed by atoms with Gasteiger partial charge in [0, 0.05) is 6.42 Å². The summed E-state index contributed by atoms with van der Waals surface area (Å²) in [6.45, 7) is 0. The van der Waals surface area contributed by atoms with Crippen LogP contribution in [-0.4, -0.2) is 5.84 Å². The number of rotatable bonds is 2. The van der Waals surface area contributed by atoms with Gasteiger partial charge in [-0.05, 0) is 17.7 Å². The van der Waals surface area contributed by atoms with E-state index in [1.54, 1.807) is 0 Å². The summed E-state index contributed by atoms with van der Waals surface area (Å²) in [5.41, 5.74) is 8.22. The standard InChI is InChI=1S/C15H15N3/c16-15-11-14(12-7-3-1-4-8-12)18(17-15)13-9-5-2-6-10-13/h1-10,14H,11H2,(H2,16,17)/t14-/m0/s1. The molecule has 1 aliphatic heterocycles. The predicted octanol–water partition coefficient (Wildman–Crippen LogP) is 2.91. The molecule has 0 spiro atoms. The maximum atomic E-state index is 5.90. The third-order valence-corrected chi connectivity index (χ3v) is 3.14. The Hall–Kier alpha value is -2.29. The van der Waals surface area contributed by atoms with E-state index in [2.05, 4.69) is 29.4 Å². The van der Waals surface area contributed by atoms with Crippen LogP contribution in [-0.2, 0) is 0 Å².